The second kappa shape index (κ2) is 7.54. The molecule has 0 saturated carbocycles. The molecule has 1 amide bonds. The standard InChI is InChI=1S/C22H18ClNO4S/c1-22(20(25)26,18-10-11-19(23)29-18)24-21(27)28-12-17-15-8-4-2-6-13(15)14-7-3-5-9-16(14)17/h2-11,17H,12H2,1H3,(H,24,27)(H,25,26). The molecule has 0 bridgehead atoms. The van der Waals surface area contributed by atoms with E-state index in [2.05, 4.69) is 17.4 Å². The van der Waals surface area contributed by atoms with Crippen LogP contribution in [0.25, 0.3) is 11.1 Å². The van der Waals surface area contributed by atoms with Gasteiger partial charge < -0.3 is 15.2 Å². The maximum Gasteiger partial charge on any atom is 0.408 e. The van der Waals surface area contributed by atoms with E-state index in [9.17, 15) is 14.7 Å². The van der Waals surface area contributed by atoms with Crippen LogP contribution in [0.4, 0.5) is 4.79 Å². The van der Waals surface area contributed by atoms with Crippen molar-refractivity contribution < 1.29 is 19.4 Å². The molecule has 0 fully saturated rings. The predicted molar refractivity (Wildman–Crippen MR) is 113 cm³/mol. The van der Waals surface area contributed by atoms with Crippen molar-refractivity contribution in [2.24, 2.45) is 0 Å². The molecule has 3 aromatic rings. The Morgan fingerprint density at radius 1 is 1.07 bits per heavy atom. The van der Waals surface area contributed by atoms with E-state index >= 15 is 0 Å². The average molecular weight is 428 g/mol. The number of carbonyl (C=O) groups is 2. The van der Waals surface area contributed by atoms with E-state index in [0.717, 1.165) is 33.6 Å². The summed E-state index contributed by atoms with van der Waals surface area (Å²) in [6.45, 7) is 1.53. The first-order chi connectivity index (χ1) is 13.9. The number of ether oxygens (including phenoxy) is 1. The lowest BCUT2D eigenvalue weighted by Gasteiger charge is -2.25. The first kappa shape index (κ1) is 19.5. The highest BCUT2D eigenvalue weighted by molar-refractivity contribution is 7.16. The van der Waals surface area contributed by atoms with Crippen LogP contribution in [0.2, 0.25) is 4.34 Å². The third kappa shape index (κ3) is 3.50. The Hall–Kier alpha value is -2.83. The summed E-state index contributed by atoms with van der Waals surface area (Å²) in [6.07, 6.45) is -0.790. The lowest BCUT2D eigenvalue weighted by molar-refractivity contribution is -0.144. The van der Waals surface area contributed by atoms with E-state index in [4.69, 9.17) is 16.3 Å². The number of hydrogen-bond acceptors (Lipinski definition) is 4. The zero-order chi connectivity index (χ0) is 20.6. The molecule has 5 nitrogen and oxygen atoms in total. The molecule has 1 unspecified atom stereocenters. The fraction of sp³-hybridized carbons (Fsp3) is 0.182. The van der Waals surface area contributed by atoms with Crippen molar-refractivity contribution in [3.63, 3.8) is 0 Å². The zero-order valence-electron chi connectivity index (χ0n) is 15.5. The number of carboxylic acid groups (broad SMARTS) is 1. The number of alkyl carbamates (subject to hydrolysis) is 1. The third-order valence-electron chi connectivity index (χ3n) is 5.19. The Kier molecular flexibility index (Phi) is 5.06. The summed E-state index contributed by atoms with van der Waals surface area (Å²) >= 11 is 7.04. The number of halogens is 1. The average Bonchev–Trinajstić information content (AvgIpc) is 3.28. The Balaban J connectivity index is 1.52. The molecular formula is C22H18ClNO4S. The largest absolute Gasteiger partial charge is 0.479 e. The molecule has 7 heteroatoms. The van der Waals surface area contributed by atoms with Crippen molar-refractivity contribution in [3.8, 4) is 11.1 Å². The van der Waals surface area contributed by atoms with Crippen molar-refractivity contribution in [1.29, 1.82) is 0 Å². The zero-order valence-corrected chi connectivity index (χ0v) is 17.1. The number of aliphatic carboxylic acids is 1. The van der Waals surface area contributed by atoms with Gasteiger partial charge in [0, 0.05) is 10.8 Å². The molecule has 1 aliphatic carbocycles. The van der Waals surface area contributed by atoms with E-state index in [1.807, 2.05) is 36.4 Å². The van der Waals surface area contributed by atoms with Gasteiger partial charge in [-0.15, -0.1) is 11.3 Å². The summed E-state index contributed by atoms with van der Waals surface area (Å²) in [7, 11) is 0. The maximum absolute atomic E-state index is 12.5. The minimum Gasteiger partial charge on any atom is -0.479 e. The fourth-order valence-electron chi connectivity index (χ4n) is 3.64. The molecule has 1 atom stereocenters. The van der Waals surface area contributed by atoms with Crippen LogP contribution >= 0.6 is 22.9 Å². The van der Waals surface area contributed by atoms with Gasteiger partial charge in [0.25, 0.3) is 0 Å². The number of carboxylic acids is 1. The lowest BCUT2D eigenvalue weighted by atomic mass is 9.98. The summed E-state index contributed by atoms with van der Waals surface area (Å²) in [5.74, 6) is -1.29. The fourth-order valence-corrected chi connectivity index (χ4v) is 4.78. The van der Waals surface area contributed by atoms with Crippen LogP contribution in [-0.2, 0) is 15.1 Å². The van der Waals surface area contributed by atoms with E-state index in [0.29, 0.717) is 9.21 Å². The lowest BCUT2D eigenvalue weighted by Crippen LogP contribution is -2.49. The summed E-state index contributed by atoms with van der Waals surface area (Å²) in [5, 5.41) is 12.2. The van der Waals surface area contributed by atoms with Gasteiger partial charge in [-0.3, -0.25) is 0 Å². The third-order valence-corrected chi connectivity index (χ3v) is 6.64. The molecule has 0 saturated heterocycles. The SMILES string of the molecule is CC(NC(=O)OCC1c2ccccc2-c2ccccc21)(C(=O)O)c1ccc(Cl)s1. The van der Waals surface area contributed by atoms with Crippen molar-refractivity contribution >= 4 is 35.0 Å². The number of benzene rings is 2. The summed E-state index contributed by atoms with van der Waals surface area (Å²) in [6, 6.07) is 19.2. The van der Waals surface area contributed by atoms with Crippen molar-refractivity contribution in [2.45, 2.75) is 18.4 Å². The van der Waals surface area contributed by atoms with Gasteiger partial charge in [-0.05, 0) is 41.3 Å². The number of rotatable bonds is 5. The van der Waals surface area contributed by atoms with Crippen LogP contribution in [0, 0.1) is 0 Å². The number of nitrogens with one attached hydrogen (secondary N) is 1. The van der Waals surface area contributed by atoms with Gasteiger partial charge in [0.15, 0.2) is 5.54 Å². The molecule has 1 heterocycles. The quantitative estimate of drug-likeness (QED) is 0.583. The molecule has 148 valence electrons. The van der Waals surface area contributed by atoms with E-state index in [1.54, 1.807) is 12.1 Å². The number of fused-ring (bicyclic) bond motifs is 3. The van der Waals surface area contributed by atoms with Gasteiger partial charge in [-0.1, -0.05) is 60.1 Å². The molecular weight excluding hydrogens is 410 g/mol. The van der Waals surface area contributed by atoms with Gasteiger partial charge in [-0.2, -0.15) is 0 Å². The number of amides is 1. The Morgan fingerprint density at radius 2 is 1.66 bits per heavy atom. The molecule has 2 N–H and O–H groups in total. The van der Waals surface area contributed by atoms with Gasteiger partial charge in [0.1, 0.15) is 6.61 Å². The second-order valence-corrected chi connectivity index (χ2v) is 8.70. The van der Waals surface area contributed by atoms with Gasteiger partial charge in [0.2, 0.25) is 0 Å². The Morgan fingerprint density at radius 3 is 2.17 bits per heavy atom. The van der Waals surface area contributed by atoms with Gasteiger partial charge >= 0.3 is 12.1 Å². The minimum absolute atomic E-state index is 0.0968. The minimum atomic E-state index is -1.62. The van der Waals surface area contributed by atoms with Crippen LogP contribution in [0.5, 0.6) is 0 Å². The monoisotopic (exact) mass is 427 g/mol. The van der Waals surface area contributed by atoms with Gasteiger partial charge in [-0.25, -0.2) is 9.59 Å². The van der Waals surface area contributed by atoms with Crippen LogP contribution in [0.3, 0.4) is 0 Å². The normalized spacial score (nSPS) is 14.6. The van der Waals surface area contributed by atoms with Crippen molar-refractivity contribution in [2.75, 3.05) is 6.61 Å². The predicted octanol–water partition coefficient (Wildman–Crippen LogP) is 5.24. The highest BCUT2D eigenvalue weighted by Gasteiger charge is 2.39. The number of carbonyl (C=O) groups excluding carboxylic acids is 1. The van der Waals surface area contributed by atoms with E-state index in [1.165, 1.54) is 6.92 Å². The number of thiophene rings is 1. The molecule has 0 radical (unpaired) electrons. The van der Waals surface area contributed by atoms with Crippen molar-refractivity contribution in [1.82, 2.24) is 5.32 Å². The number of hydrogen-bond donors (Lipinski definition) is 2. The topological polar surface area (TPSA) is 75.6 Å². The Bertz CT molecular complexity index is 1050. The summed E-state index contributed by atoms with van der Waals surface area (Å²) in [4.78, 5) is 24.8. The first-order valence-corrected chi connectivity index (χ1v) is 10.2. The van der Waals surface area contributed by atoms with E-state index in [-0.39, 0.29) is 12.5 Å². The highest BCUT2D eigenvalue weighted by Crippen LogP contribution is 2.44. The van der Waals surface area contributed by atoms with Gasteiger partial charge in [0.05, 0.1) is 4.34 Å². The molecule has 0 spiro atoms. The molecule has 0 aliphatic heterocycles. The van der Waals surface area contributed by atoms with Crippen molar-refractivity contribution in [3.05, 3.63) is 81.0 Å². The highest BCUT2D eigenvalue weighted by atomic mass is 35.5. The second-order valence-electron chi connectivity index (χ2n) is 6.98. The summed E-state index contributed by atoms with van der Waals surface area (Å²) in [5.41, 5.74) is 2.81. The van der Waals surface area contributed by atoms with E-state index < -0.39 is 17.6 Å². The molecule has 2 aromatic carbocycles. The molecule has 4 rings (SSSR count). The maximum atomic E-state index is 12.5. The molecule has 1 aromatic heterocycles. The molecule has 29 heavy (non-hydrogen) atoms. The first-order valence-electron chi connectivity index (χ1n) is 9.02. The summed E-state index contributed by atoms with van der Waals surface area (Å²) < 4.78 is 5.92. The van der Waals surface area contributed by atoms with Crippen LogP contribution in [0.1, 0.15) is 28.8 Å². The Labute approximate surface area is 176 Å². The van der Waals surface area contributed by atoms with Crippen LogP contribution in [-0.4, -0.2) is 23.8 Å². The van der Waals surface area contributed by atoms with Crippen LogP contribution in [0.15, 0.2) is 60.7 Å². The van der Waals surface area contributed by atoms with Crippen LogP contribution < -0.4 is 5.32 Å². The smallest absolute Gasteiger partial charge is 0.408 e. The molecule has 1 aliphatic rings.